The predicted octanol–water partition coefficient (Wildman–Crippen LogP) is -2.09. The lowest BCUT2D eigenvalue weighted by Crippen LogP contribution is -3.00. The van der Waals surface area contributed by atoms with Crippen LogP contribution in [0.2, 0.25) is 0 Å². The second kappa shape index (κ2) is 6.36. The van der Waals surface area contributed by atoms with E-state index in [1.807, 2.05) is 0 Å². The van der Waals surface area contributed by atoms with Crippen molar-refractivity contribution in [3.8, 4) is 0 Å². The van der Waals surface area contributed by atoms with Crippen molar-refractivity contribution >= 4 is 7.87 Å². The topological polar surface area (TPSA) is 13.0 Å². The zero-order valence-electron chi connectivity index (χ0n) is 10.6. The van der Waals surface area contributed by atoms with Crippen LogP contribution < -0.4 is 17.0 Å². The van der Waals surface area contributed by atoms with E-state index in [0.717, 1.165) is 0 Å². The van der Waals surface area contributed by atoms with Crippen molar-refractivity contribution in [2.24, 2.45) is 0 Å². The molecule has 0 rings (SSSR count). The monoisotopic (exact) mass is 286 g/mol. The van der Waals surface area contributed by atoms with Crippen LogP contribution in [0.4, 0.5) is 0 Å². The number of hydrogen-bond acceptors (Lipinski definition) is 4. The highest BCUT2D eigenvalue weighted by Gasteiger charge is 2.50. The van der Waals surface area contributed by atoms with Crippen LogP contribution in [0, 0.1) is 0 Å². The predicted molar refractivity (Wildman–Crippen MR) is 61.7 cm³/mol. The van der Waals surface area contributed by atoms with Gasteiger partial charge in [0.25, 0.3) is 0 Å². The molecule has 88 valence electrons. The first-order valence-corrected chi connectivity index (χ1v) is 5.98. The van der Waals surface area contributed by atoms with E-state index in [2.05, 4.69) is 75.1 Å². The first kappa shape index (κ1) is 17.2. The van der Waals surface area contributed by atoms with E-state index in [0.29, 0.717) is 0 Å². The van der Waals surface area contributed by atoms with E-state index in [9.17, 15) is 0 Å². The number of halogens is 1. The van der Waals surface area contributed by atoms with Crippen LogP contribution in [0.5, 0.6) is 0 Å². The molecule has 0 aromatic carbocycles. The molecular formula is C8H24BrN4P. The second-order valence-electron chi connectivity index (χ2n) is 3.93. The lowest BCUT2D eigenvalue weighted by molar-refractivity contribution is -0.00000317. The maximum absolute atomic E-state index is 2.30. The number of hydrogen-bond donors (Lipinski definition) is 0. The van der Waals surface area contributed by atoms with Gasteiger partial charge in [0.1, 0.15) is 0 Å². The summed E-state index contributed by atoms with van der Waals surface area (Å²) < 4.78 is 9.19. The summed E-state index contributed by atoms with van der Waals surface area (Å²) in [6, 6.07) is 0. The summed E-state index contributed by atoms with van der Waals surface area (Å²) in [5.41, 5.74) is 0. The van der Waals surface area contributed by atoms with Crippen molar-refractivity contribution in [3.05, 3.63) is 0 Å². The van der Waals surface area contributed by atoms with Gasteiger partial charge in [-0.05, 0) is 0 Å². The quantitative estimate of drug-likeness (QED) is 0.550. The summed E-state index contributed by atoms with van der Waals surface area (Å²) in [6.07, 6.45) is 0. The first-order chi connectivity index (χ1) is 5.77. The van der Waals surface area contributed by atoms with Crippen molar-refractivity contribution < 1.29 is 17.0 Å². The van der Waals surface area contributed by atoms with Crippen LogP contribution in [0.25, 0.3) is 0 Å². The van der Waals surface area contributed by atoms with E-state index >= 15 is 0 Å². The zero-order chi connectivity index (χ0) is 10.8. The van der Waals surface area contributed by atoms with Gasteiger partial charge in [-0.25, -0.2) is 0 Å². The number of nitrogens with zero attached hydrogens (tertiary/aromatic N) is 4. The molecule has 14 heavy (non-hydrogen) atoms. The molecule has 0 N–H and O–H groups in total. The van der Waals surface area contributed by atoms with Crippen LogP contribution in [0.15, 0.2) is 0 Å². The van der Waals surface area contributed by atoms with Gasteiger partial charge in [-0.3, -0.25) is 0 Å². The molecule has 4 nitrogen and oxygen atoms in total. The third kappa shape index (κ3) is 2.87. The largest absolute Gasteiger partial charge is 1.00 e. The van der Waals surface area contributed by atoms with Gasteiger partial charge in [0.15, 0.2) is 0 Å². The van der Waals surface area contributed by atoms with E-state index in [-0.39, 0.29) is 17.0 Å². The van der Waals surface area contributed by atoms with Crippen molar-refractivity contribution in [1.29, 1.82) is 0 Å². The Kier molecular flexibility index (Phi) is 7.79. The molecule has 0 aromatic rings. The summed E-state index contributed by atoms with van der Waals surface area (Å²) >= 11 is 0. The van der Waals surface area contributed by atoms with Gasteiger partial charge in [0.05, 0.1) is 0 Å². The third-order valence-corrected chi connectivity index (χ3v) is 6.44. The van der Waals surface area contributed by atoms with Crippen molar-refractivity contribution in [1.82, 2.24) is 18.7 Å². The molecule has 0 amide bonds. The zero-order valence-corrected chi connectivity index (χ0v) is 13.1. The minimum absolute atomic E-state index is 0. The summed E-state index contributed by atoms with van der Waals surface area (Å²) in [7, 11) is 15.6. The Morgan fingerprint density at radius 1 is 0.500 bits per heavy atom. The summed E-state index contributed by atoms with van der Waals surface area (Å²) in [5, 5.41) is 0. The van der Waals surface area contributed by atoms with E-state index in [4.69, 9.17) is 0 Å². The van der Waals surface area contributed by atoms with Crippen LogP contribution in [0.3, 0.4) is 0 Å². The molecule has 0 aliphatic heterocycles. The molecule has 0 heterocycles. The molecule has 0 bridgehead atoms. The summed E-state index contributed by atoms with van der Waals surface area (Å²) in [5.74, 6) is 0. The number of rotatable bonds is 4. The summed E-state index contributed by atoms with van der Waals surface area (Å²) in [4.78, 5) is 0. The van der Waals surface area contributed by atoms with Crippen LogP contribution in [-0.4, -0.2) is 75.1 Å². The standard InChI is InChI=1S/C8H24N4P.BrH/c1-9(2)13(10(3)4,11(5)6)12(7)8;/h1-8H3;1H/q+1;/p-1. The van der Waals surface area contributed by atoms with E-state index < -0.39 is 7.87 Å². The fourth-order valence-corrected chi connectivity index (χ4v) is 6.44. The Morgan fingerprint density at radius 2 is 0.643 bits per heavy atom. The van der Waals surface area contributed by atoms with E-state index in [1.54, 1.807) is 0 Å². The lowest BCUT2D eigenvalue weighted by atomic mass is 11.2. The Morgan fingerprint density at radius 3 is 0.643 bits per heavy atom. The maximum atomic E-state index is 2.30. The van der Waals surface area contributed by atoms with Gasteiger partial charge in [0.2, 0.25) is 0 Å². The fraction of sp³-hybridized carbons (Fsp3) is 1.00. The fourth-order valence-electron chi connectivity index (χ4n) is 2.15. The van der Waals surface area contributed by atoms with Gasteiger partial charge in [0, 0.05) is 56.4 Å². The van der Waals surface area contributed by atoms with Crippen molar-refractivity contribution in [2.45, 2.75) is 0 Å². The second-order valence-corrected chi connectivity index (χ2v) is 8.20. The molecule has 0 fully saturated rings. The Bertz CT molecular complexity index is 124. The highest BCUT2D eigenvalue weighted by Crippen LogP contribution is 2.64. The van der Waals surface area contributed by atoms with E-state index in [1.165, 1.54) is 0 Å². The Labute approximate surface area is 100 Å². The molecule has 0 saturated carbocycles. The van der Waals surface area contributed by atoms with Crippen molar-refractivity contribution in [2.75, 3.05) is 56.4 Å². The van der Waals surface area contributed by atoms with Crippen molar-refractivity contribution in [3.63, 3.8) is 0 Å². The molecule has 0 unspecified atom stereocenters. The molecule has 0 spiro atoms. The molecule has 6 heteroatoms. The highest BCUT2D eigenvalue weighted by atomic mass is 79.9. The normalized spacial score (nSPS) is 12.9. The van der Waals surface area contributed by atoms with Gasteiger partial charge in [-0.15, -0.1) is 18.7 Å². The average molecular weight is 287 g/mol. The molecule has 0 aromatic heterocycles. The maximum Gasteiger partial charge on any atom is 0.306 e. The smallest absolute Gasteiger partial charge is 0.306 e. The average Bonchev–Trinajstić information content (AvgIpc) is 1.82. The molecule has 0 saturated heterocycles. The highest BCUT2D eigenvalue weighted by molar-refractivity contribution is 7.66. The Balaban J connectivity index is 0. The van der Waals surface area contributed by atoms with Crippen LogP contribution in [-0.2, 0) is 0 Å². The lowest BCUT2D eigenvalue weighted by Gasteiger charge is -2.42. The van der Waals surface area contributed by atoms with Gasteiger partial charge in [-0.2, -0.15) is 0 Å². The molecule has 0 aliphatic rings. The minimum Gasteiger partial charge on any atom is -1.00 e. The van der Waals surface area contributed by atoms with Gasteiger partial charge >= 0.3 is 7.87 Å². The molecule has 0 radical (unpaired) electrons. The van der Waals surface area contributed by atoms with Crippen LogP contribution in [0.1, 0.15) is 0 Å². The molecule has 0 atom stereocenters. The Hall–Kier alpha value is 0.750. The third-order valence-electron chi connectivity index (χ3n) is 2.15. The SMILES string of the molecule is CN(C)[P+](N(C)C)(N(C)C)N(C)C.[Br-]. The minimum atomic E-state index is -1.45. The van der Waals surface area contributed by atoms with Crippen LogP contribution >= 0.6 is 7.87 Å². The first-order valence-electron chi connectivity index (χ1n) is 4.38. The summed E-state index contributed by atoms with van der Waals surface area (Å²) in [6.45, 7) is 0. The molecular weight excluding hydrogens is 263 g/mol. The molecule has 0 aliphatic carbocycles. The van der Waals surface area contributed by atoms with Gasteiger partial charge in [-0.1, -0.05) is 0 Å². The van der Waals surface area contributed by atoms with Gasteiger partial charge < -0.3 is 17.0 Å².